The molecule has 0 aromatic heterocycles. The number of rotatable bonds is 5. The normalized spacial score (nSPS) is 10.7. The van der Waals surface area contributed by atoms with Gasteiger partial charge in [-0.15, -0.1) is 24.0 Å². The van der Waals surface area contributed by atoms with Crippen molar-refractivity contribution in [3.63, 3.8) is 0 Å². The Bertz CT molecular complexity index is 686. The van der Waals surface area contributed by atoms with Gasteiger partial charge >= 0.3 is 0 Å². The van der Waals surface area contributed by atoms with Gasteiger partial charge in [-0.05, 0) is 36.2 Å². The van der Waals surface area contributed by atoms with Gasteiger partial charge in [0.25, 0.3) is 5.91 Å². The van der Waals surface area contributed by atoms with Crippen LogP contribution in [0.5, 0.6) is 0 Å². The molecule has 0 fully saturated rings. The zero-order valence-electron chi connectivity index (χ0n) is 13.9. The van der Waals surface area contributed by atoms with E-state index in [-0.39, 0.29) is 29.9 Å². The summed E-state index contributed by atoms with van der Waals surface area (Å²) in [4.78, 5) is 17.8. The van der Waals surface area contributed by atoms with E-state index in [9.17, 15) is 4.79 Å². The van der Waals surface area contributed by atoms with Crippen LogP contribution in [0.3, 0.4) is 0 Å². The summed E-state index contributed by atoms with van der Waals surface area (Å²) in [5.74, 6) is 0.386. The topological polar surface area (TPSA) is 70.7 Å². The van der Waals surface area contributed by atoms with E-state index < -0.39 is 0 Å². The van der Waals surface area contributed by atoms with Crippen molar-refractivity contribution in [2.45, 2.75) is 6.42 Å². The molecule has 0 unspecified atom stereocenters. The van der Waals surface area contributed by atoms with Crippen molar-refractivity contribution >= 4 is 41.5 Å². The minimum Gasteiger partial charge on any atom is -0.370 e. The van der Waals surface area contributed by atoms with E-state index in [0.717, 1.165) is 17.7 Å². The van der Waals surface area contributed by atoms with E-state index in [0.29, 0.717) is 18.1 Å². The van der Waals surface area contributed by atoms with Crippen molar-refractivity contribution in [2.75, 3.05) is 26.0 Å². The highest BCUT2D eigenvalue weighted by Gasteiger charge is 2.07. The van der Waals surface area contributed by atoms with Crippen molar-refractivity contribution in [1.29, 1.82) is 0 Å². The summed E-state index contributed by atoms with van der Waals surface area (Å²) in [6.07, 6.45) is 0.728. The molecule has 3 N–H and O–H groups in total. The van der Waals surface area contributed by atoms with Gasteiger partial charge in [0.1, 0.15) is 0 Å². The average molecular weight is 438 g/mol. The molecular weight excluding hydrogens is 415 g/mol. The van der Waals surface area contributed by atoms with E-state index in [1.165, 1.54) is 0 Å². The van der Waals surface area contributed by atoms with Gasteiger partial charge in [-0.1, -0.05) is 30.3 Å². The fourth-order valence-electron chi connectivity index (χ4n) is 2.13. The fraction of sp³-hybridized carbons (Fsp3) is 0.222. The molecule has 0 heterocycles. The molecule has 0 spiro atoms. The van der Waals surface area contributed by atoms with Crippen molar-refractivity contribution in [3.05, 3.63) is 65.7 Å². The van der Waals surface area contributed by atoms with Gasteiger partial charge in [0.2, 0.25) is 0 Å². The van der Waals surface area contributed by atoms with Gasteiger partial charge in [-0.2, -0.15) is 0 Å². The van der Waals surface area contributed by atoms with Crippen molar-refractivity contribution in [2.24, 2.45) is 10.7 Å². The molecule has 0 aliphatic rings. The van der Waals surface area contributed by atoms with Gasteiger partial charge in [-0.3, -0.25) is 9.79 Å². The summed E-state index contributed by atoms with van der Waals surface area (Å²) in [5.41, 5.74) is 8.53. The van der Waals surface area contributed by atoms with Crippen molar-refractivity contribution in [1.82, 2.24) is 4.90 Å². The number of aliphatic imine (C=N–C) groups is 1. The Morgan fingerprint density at radius 2 is 1.83 bits per heavy atom. The number of halogens is 1. The number of hydrogen-bond acceptors (Lipinski definition) is 2. The predicted octanol–water partition coefficient (Wildman–Crippen LogP) is 2.98. The molecule has 128 valence electrons. The van der Waals surface area contributed by atoms with Crippen LogP contribution < -0.4 is 11.1 Å². The first-order valence-electron chi connectivity index (χ1n) is 7.49. The lowest BCUT2D eigenvalue weighted by atomic mass is 10.1. The first-order chi connectivity index (χ1) is 11.1. The quantitative estimate of drug-likeness (QED) is 0.429. The Hall–Kier alpha value is -2.09. The lowest BCUT2D eigenvalue weighted by Crippen LogP contribution is -2.23. The number of anilines is 1. The predicted molar refractivity (Wildman–Crippen MR) is 110 cm³/mol. The molecule has 0 aliphatic carbocycles. The Labute approximate surface area is 160 Å². The number of amides is 1. The number of hydrogen-bond donors (Lipinski definition) is 2. The largest absolute Gasteiger partial charge is 0.370 e. The highest BCUT2D eigenvalue weighted by Crippen LogP contribution is 2.08. The number of para-hydroxylation sites is 1. The molecule has 0 bridgehead atoms. The second-order valence-electron chi connectivity index (χ2n) is 5.41. The van der Waals surface area contributed by atoms with E-state index in [1.807, 2.05) is 54.6 Å². The van der Waals surface area contributed by atoms with Gasteiger partial charge in [-0.25, -0.2) is 0 Å². The molecule has 0 radical (unpaired) electrons. The van der Waals surface area contributed by atoms with E-state index in [4.69, 9.17) is 5.73 Å². The third kappa shape index (κ3) is 6.19. The standard InChI is InChI=1S/C18H22N4O.HI/c1-22(2)17(23)15-8-6-7-14(13-15)11-12-20-18(19)21-16-9-4-3-5-10-16;/h3-10,13H,11-12H2,1-2H3,(H3,19,20,21);1H. The van der Waals surface area contributed by atoms with E-state index >= 15 is 0 Å². The van der Waals surface area contributed by atoms with Crippen LogP contribution in [0.1, 0.15) is 15.9 Å². The maximum atomic E-state index is 12.0. The lowest BCUT2D eigenvalue weighted by molar-refractivity contribution is 0.0827. The zero-order valence-corrected chi connectivity index (χ0v) is 16.2. The monoisotopic (exact) mass is 438 g/mol. The molecule has 24 heavy (non-hydrogen) atoms. The summed E-state index contributed by atoms with van der Waals surface area (Å²) in [6.45, 7) is 0.561. The molecule has 0 aliphatic heterocycles. The summed E-state index contributed by atoms with van der Waals surface area (Å²) in [6, 6.07) is 17.3. The Balaban J connectivity index is 0.00000288. The number of nitrogens with zero attached hydrogens (tertiary/aromatic N) is 2. The maximum absolute atomic E-state index is 12.0. The number of nitrogens with one attached hydrogen (secondary N) is 1. The highest BCUT2D eigenvalue weighted by molar-refractivity contribution is 14.0. The molecule has 0 saturated carbocycles. The number of carbonyl (C=O) groups is 1. The first-order valence-corrected chi connectivity index (χ1v) is 7.49. The third-order valence-electron chi connectivity index (χ3n) is 3.31. The summed E-state index contributed by atoms with van der Waals surface area (Å²) >= 11 is 0. The molecule has 2 rings (SSSR count). The minimum absolute atomic E-state index is 0. The molecule has 2 aromatic carbocycles. The highest BCUT2D eigenvalue weighted by atomic mass is 127. The molecular formula is C18H23IN4O. The zero-order chi connectivity index (χ0) is 16.7. The van der Waals surface area contributed by atoms with Crippen LogP contribution >= 0.6 is 24.0 Å². The van der Waals surface area contributed by atoms with Crippen LogP contribution in [0, 0.1) is 0 Å². The Kier molecular flexibility index (Phi) is 8.25. The molecule has 2 aromatic rings. The summed E-state index contributed by atoms with van der Waals surface area (Å²) in [7, 11) is 3.49. The first kappa shape index (κ1) is 20.0. The third-order valence-corrected chi connectivity index (χ3v) is 3.31. The molecule has 5 nitrogen and oxygen atoms in total. The second kappa shape index (κ2) is 9.92. The van der Waals surface area contributed by atoms with Crippen molar-refractivity contribution < 1.29 is 4.79 Å². The molecule has 0 saturated heterocycles. The lowest BCUT2D eigenvalue weighted by Gasteiger charge is -2.11. The number of guanidine groups is 1. The molecule has 0 atom stereocenters. The van der Waals surface area contributed by atoms with Crippen molar-refractivity contribution in [3.8, 4) is 0 Å². The summed E-state index contributed by atoms with van der Waals surface area (Å²) < 4.78 is 0. The second-order valence-corrected chi connectivity index (χ2v) is 5.41. The summed E-state index contributed by atoms with van der Waals surface area (Å²) in [5, 5.41) is 3.04. The van der Waals surface area contributed by atoms with Gasteiger partial charge in [0, 0.05) is 31.9 Å². The Morgan fingerprint density at radius 3 is 2.50 bits per heavy atom. The Morgan fingerprint density at radius 1 is 1.12 bits per heavy atom. The van der Waals surface area contributed by atoms with E-state index in [1.54, 1.807) is 19.0 Å². The SMILES string of the molecule is CN(C)C(=O)c1cccc(CCN=C(N)Nc2ccccc2)c1.I. The van der Waals surface area contributed by atoms with Crippen LogP contribution in [0.2, 0.25) is 0 Å². The number of benzene rings is 2. The minimum atomic E-state index is 0. The van der Waals surface area contributed by atoms with Crippen LogP contribution in [0.4, 0.5) is 5.69 Å². The number of nitrogens with two attached hydrogens (primary N) is 1. The van der Waals surface area contributed by atoms with Crippen LogP contribution in [0.15, 0.2) is 59.6 Å². The van der Waals surface area contributed by atoms with Crippen LogP contribution in [0.25, 0.3) is 0 Å². The smallest absolute Gasteiger partial charge is 0.253 e. The molecule has 6 heteroatoms. The van der Waals surface area contributed by atoms with Gasteiger partial charge < -0.3 is 16.0 Å². The van der Waals surface area contributed by atoms with E-state index in [2.05, 4.69) is 10.3 Å². The number of carbonyl (C=O) groups excluding carboxylic acids is 1. The van der Waals surface area contributed by atoms with Crippen LogP contribution in [-0.4, -0.2) is 37.4 Å². The van der Waals surface area contributed by atoms with Gasteiger partial charge in [0.05, 0.1) is 0 Å². The van der Waals surface area contributed by atoms with Gasteiger partial charge in [0.15, 0.2) is 5.96 Å². The molecule has 1 amide bonds. The average Bonchev–Trinajstić information content (AvgIpc) is 2.55. The fourth-order valence-corrected chi connectivity index (χ4v) is 2.13. The maximum Gasteiger partial charge on any atom is 0.253 e. The van der Waals surface area contributed by atoms with Crippen LogP contribution in [-0.2, 0) is 6.42 Å².